The summed E-state index contributed by atoms with van der Waals surface area (Å²) < 4.78 is 5.74. The molecule has 2 heterocycles. The topological polar surface area (TPSA) is 58.6 Å². The van der Waals surface area contributed by atoms with Crippen LogP contribution in [0.1, 0.15) is 40.5 Å². The fourth-order valence-corrected chi connectivity index (χ4v) is 2.71. The average Bonchev–Trinajstić information content (AvgIpc) is 2.67. The molecule has 2 aliphatic rings. The number of nitrogens with one attached hydrogen (secondary N) is 1. The smallest absolute Gasteiger partial charge is 0.246 e. The Labute approximate surface area is 114 Å². The van der Waals surface area contributed by atoms with E-state index in [9.17, 15) is 9.59 Å². The summed E-state index contributed by atoms with van der Waals surface area (Å²) in [7, 11) is 0. The minimum Gasteiger partial charge on any atom is -0.373 e. The van der Waals surface area contributed by atoms with Gasteiger partial charge in [-0.2, -0.15) is 0 Å². The number of hydrogen-bond donors (Lipinski definition) is 1. The Kier molecular flexibility index (Phi) is 3.85. The number of hydrogen-bond acceptors (Lipinski definition) is 3. The predicted molar refractivity (Wildman–Crippen MR) is 71.5 cm³/mol. The summed E-state index contributed by atoms with van der Waals surface area (Å²) in [5.74, 6) is -0.0687. The van der Waals surface area contributed by atoms with Crippen molar-refractivity contribution in [2.45, 2.75) is 58.8 Å². The lowest BCUT2D eigenvalue weighted by Gasteiger charge is -2.39. The normalized spacial score (nSPS) is 32.6. The Balaban J connectivity index is 2.03. The number of amides is 2. The molecule has 0 bridgehead atoms. The van der Waals surface area contributed by atoms with Crippen molar-refractivity contribution in [1.29, 1.82) is 0 Å². The molecule has 108 valence electrons. The van der Waals surface area contributed by atoms with Crippen LogP contribution in [0, 0.1) is 5.41 Å². The van der Waals surface area contributed by atoms with Crippen molar-refractivity contribution in [3.63, 3.8) is 0 Å². The van der Waals surface area contributed by atoms with Gasteiger partial charge in [0, 0.05) is 6.54 Å². The zero-order valence-corrected chi connectivity index (χ0v) is 12.2. The van der Waals surface area contributed by atoms with Gasteiger partial charge in [0.1, 0.15) is 6.04 Å². The van der Waals surface area contributed by atoms with Gasteiger partial charge in [0.25, 0.3) is 0 Å². The molecule has 2 aliphatic heterocycles. The molecule has 3 unspecified atom stereocenters. The van der Waals surface area contributed by atoms with E-state index in [4.69, 9.17) is 4.74 Å². The van der Waals surface area contributed by atoms with E-state index >= 15 is 0 Å². The highest BCUT2D eigenvalue weighted by molar-refractivity contribution is 5.95. The molecule has 0 aliphatic carbocycles. The molecule has 0 aromatic rings. The molecule has 1 N–H and O–H groups in total. The summed E-state index contributed by atoms with van der Waals surface area (Å²) >= 11 is 0. The van der Waals surface area contributed by atoms with Crippen molar-refractivity contribution in [2.24, 2.45) is 5.41 Å². The Morgan fingerprint density at radius 2 is 2.00 bits per heavy atom. The van der Waals surface area contributed by atoms with Gasteiger partial charge in [0.15, 0.2) is 0 Å². The minimum absolute atomic E-state index is 0.00949. The van der Waals surface area contributed by atoms with Crippen molar-refractivity contribution in [2.75, 3.05) is 13.1 Å². The van der Waals surface area contributed by atoms with Gasteiger partial charge < -0.3 is 15.0 Å². The molecule has 5 nitrogen and oxygen atoms in total. The van der Waals surface area contributed by atoms with Crippen molar-refractivity contribution in [3.8, 4) is 0 Å². The fraction of sp³-hybridized carbons (Fsp3) is 0.857. The molecule has 3 atom stereocenters. The zero-order chi connectivity index (χ0) is 14.2. The van der Waals surface area contributed by atoms with Gasteiger partial charge in [-0.25, -0.2) is 0 Å². The maximum Gasteiger partial charge on any atom is 0.246 e. The molecule has 2 amide bonds. The Hall–Kier alpha value is -1.10. The standard InChI is InChI=1S/C14H24N2O3/c1-9-5-6-10(19-9)7-16-8-11(17)15-12(13(16)18)14(2,3)4/h9-10,12H,5-8H2,1-4H3,(H,15,17). The van der Waals surface area contributed by atoms with Crippen molar-refractivity contribution < 1.29 is 14.3 Å². The first-order chi connectivity index (χ1) is 8.77. The molecule has 0 aromatic heterocycles. The molecule has 2 saturated heterocycles. The van der Waals surface area contributed by atoms with Crippen LogP contribution in [-0.4, -0.2) is 48.1 Å². The third-order valence-corrected chi connectivity index (χ3v) is 3.81. The van der Waals surface area contributed by atoms with Crippen LogP contribution in [0.3, 0.4) is 0 Å². The lowest BCUT2D eigenvalue weighted by atomic mass is 9.84. The van der Waals surface area contributed by atoms with Crippen LogP contribution < -0.4 is 5.32 Å². The fourth-order valence-electron chi connectivity index (χ4n) is 2.71. The number of carbonyl (C=O) groups is 2. The Bertz CT molecular complexity index is 375. The van der Waals surface area contributed by atoms with Crippen molar-refractivity contribution in [3.05, 3.63) is 0 Å². The molecule has 19 heavy (non-hydrogen) atoms. The summed E-state index contributed by atoms with van der Waals surface area (Å²) in [6.07, 6.45) is 2.33. The molecule has 5 heteroatoms. The molecule has 2 rings (SSSR count). The van der Waals surface area contributed by atoms with E-state index in [-0.39, 0.29) is 36.0 Å². The van der Waals surface area contributed by atoms with Gasteiger partial charge in [-0.1, -0.05) is 20.8 Å². The van der Waals surface area contributed by atoms with Gasteiger partial charge in [0.2, 0.25) is 11.8 Å². The first-order valence-corrected chi connectivity index (χ1v) is 7.01. The van der Waals surface area contributed by atoms with E-state index in [2.05, 4.69) is 5.32 Å². The summed E-state index contributed by atoms with van der Waals surface area (Å²) in [4.78, 5) is 25.9. The highest BCUT2D eigenvalue weighted by atomic mass is 16.5. The van der Waals surface area contributed by atoms with Gasteiger partial charge in [-0.05, 0) is 25.2 Å². The maximum atomic E-state index is 12.4. The summed E-state index contributed by atoms with van der Waals surface area (Å²) in [6, 6.07) is -0.437. The van der Waals surface area contributed by atoms with Crippen LogP contribution >= 0.6 is 0 Å². The Morgan fingerprint density at radius 3 is 2.53 bits per heavy atom. The molecule has 0 saturated carbocycles. The van der Waals surface area contributed by atoms with Crippen LogP contribution in [-0.2, 0) is 14.3 Å². The second-order valence-electron chi connectivity index (χ2n) is 6.73. The van der Waals surface area contributed by atoms with E-state index < -0.39 is 6.04 Å². The number of carbonyl (C=O) groups excluding carboxylic acids is 2. The zero-order valence-electron chi connectivity index (χ0n) is 12.2. The third-order valence-electron chi connectivity index (χ3n) is 3.81. The van der Waals surface area contributed by atoms with Gasteiger partial charge in [0.05, 0.1) is 18.8 Å². The highest BCUT2D eigenvalue weighted by Gasteiger charge is 2.41. The van der Waals surface area contributed by atoms with Crippen LogP contribution in [0.25, 0.3) is 0 Å². The first kappa shape index (κ1) is 14.3. The summed E-state index contributed by atoms with van der Waals surface area (Å²) in [5, 5.41) is 2.80. The number of rotatable bonds is 2. The second kappa shape index (κ2) is 5.12. The SMILES string of the molecule is CC1CCC(CN2CC(=O)NC(C(C)(C)C)C2=O)O1. The number of nitrogens with zero attached hydrogens (tertiary/aromatic N) is 1. The van der Waals surface area contributed by atoms with Crippen molar-refractivity contribution >= 4 is 11.8 Å². The predicted octanol–water partition coefficient (Wildman–Crippen LogP) is 0.927. The lowest BCUT2D eigenvalue weighted by molar-refractivity contribution is -0.149. The Morgan fingerprint density at radius 1 is 1.32 bits per heavy atom. The van der Waals surface area contributed by atoms with E-state index in [1.807, 2.05) is 27.7 Å². The van der Waals surface area contributed by atoms with Gasteiger partial charge in [-0.15, -0.1) is 0 Å². The molecular weight excluding hydrogens is 244 g/mol. The molecular formula is C14H24N2O3. The average molecular weight is 268 g/mol. The van der Waals surface area contributed by atoms with Crippen LogP contribution in [0.4, 0.5) is 0 Å². The second-order valence-corrected chi connectivity index (χ2v) is 6.73. The number of piperazine rings is 1. The van der Waals surface area contributed by atoms with Crippen molar-refractivity contribution in [1.82, 2.24) is 10.2 Å². The lowest BCUT2D eigenvalue weighted by Crippen LogP contribution is -2.63. The molecule has 2 fully saturated rings. The molecule has 0 spiro atoms. The largest absolute Gasteiger partial charge is 0.373 e. The van der Waals surface area contributed by atoms with Crippen LogP contribution in [0.5, 0.6) is 0 Å². The summed E-state index contributed by atoms with van der Waals surface area (Å²) in [6.45, 7) is 8.62. The maximum absolute atomic E-state index is 12.4. The van der Waals surface area contributed by atoms with E-state index in [0.717, 1.165) is 12.8 Å². The summed E-state index contributed by atoms with van der Waals surface area (Å²) in [5.41, 5.74) is -0.269. The van der Waals surface area contributed by atoms with Gasteiger partial charge >= 0.3 is 0 Å². The molecule has 0 aromatic carbocycles. The first-order valence-electron chi connectivity index (χ1n) is 7.01. The van der Waals surface area contributed by atoms with Gasteiger partial charge in [-0.3, -0.25) is 9.59 Å². The van der Waals surface area contributed by atoms with E-state index in [0.29, 0.717) is 6.54 Å². The minimum atomic E-state index is -0.437. The van der Waals surface area contributed by atoms with Crippen LogP contribution in [0.2, 0.25) is 0 Å². The number of ether oxygens (including phenoxy) is 1. The monoisotopic (exact) mass is 268 g/mol. The van der Waals surface area contributed by atoms with Crippen LogP contribution in [0.15, 0.2) is 0 Å². The van der Waals surface area contributed by atoms with E-state index in [1.54, 1.807) is 4.90 Å². The molecule has 0 radical (unpaired) electrons. The quantitative estimate of drug-likeness (QED) is 0.810. The highest BCUT2D eigenvalue weighted by Crippen LogP contribution is 2.25. The third kappa shape index (κ3) is 3.26. The van der Waals surface area contributed by atoms with E-state index in [1.165, 1.54) is 0 Å².